The maximum atomic E-state index is 5.68. The van der Waals surface area contributed by atoms with Crippen LogP contribution in [0, 0.1) is 6.92 Å². The van der Waals surface area contributed by atoms with Gasteiger partial charge in [-0.3, -0.25) is 0 Å². The number of anilines is 1. The van der Waals surface area contributed by atoms with E-state index in [1.807, 2.05) is 0 Å². The number of aryl methyl sites for hydroxylation is 1. The van der Waals surface area contributed by atoms with Gasteiger partial charge in [0.15, 0.2) is 5.11 Å². The number of hydrogen-bond acceptors (Lipinski definition) is 3. The molecule has 1 N–H and O–H groups in total. The fourth-order valence-electron chi connectivity index (χ4n) is 2.38. The molecule has 0 atom stereocenters. The summed E-state index contributed by atoms with van der Waals surface area (Å²) in [5.41, 5.74) is 2.29. The van der Waals surface area contributed by atoms with E-state index in [0.29, 0.717) is 0 Å². The summed E-state index contributed by atoms with van der Waals surface area (Å²) in [5.74, 6) is 0. The van der Waals surface area contributed by atoms with Gasteiger partial charge in [0.05, 0.1) is 6.54 Å². The van der Waals surface area contributed by atoms with Crippen molar-refractivity contribution >= 4 is 45.7 Å². The first-order valence-electron chi connectivity index (χ1n) is 7.88. The van der Waals surface area contributed by atoms with Crippen molar-refractivity contribution in [2.75, 3.05) is 11.9 Å². The van der Waals surface area contributed by atoms with Crippen LogP contribution in [0.4, 0.5) is 5.69 Å². The quantitative estimate of drug-likeness (QED) is 0.570. The van der Waals surface area contributed by atoms with E-state index in [4.69, 9.17) is 12.2 Å². The average molecular weight is 373 g/mol. The first-order chi connectivity index (χ1) is 11.7. The van der Waals surface area contributed by atoms with Crippen LogP contribution in [0.5, 0.6) is 0 Å². The van der Waals surface area contributed by atoms with Crippen molar-refractivity contribution in [2.45, 2.75) is 19.9 Å². The van der Waals surface area contributed by atoms with E-state index in [2.05, 4.69) is 76.4 Å². The lowest BCUT2D eigenvalue weighted by molar-refractivity contribution is 0.428. The summed E-state index contributed by atoms with van der Waals surface area (Å²) in [5, 5.41) is 8.40. The zero-order valence-corrected chi connectivity index (χ0v) is 16.0. The SMILES string of the molecule is Cc1ccc(NC(=S)N(CCc2cccs2)Cc2cccs2)cc1. The molecule has 2 aromatic heterocycles. The Balaban J connectivity index is 1.67. The summed E-state index contributed by atoms with van der Waals surface area (Å²) >= 11 is 9.26. The van der Waals surface area contributed by atoms with E-state index in [1.165, 1.54) is 15.3 Å². The number of hydrogen-bond donors (Lipinski definition) is 1. The lowest BCUT2D eigenvalue weighted by atomic mass is 10.2. The van der Waals surface area contributed by atoms with Gasteiger partial charge < -0.3 is 10.2 Å². The molecule has 0 bridgehead atoms. The minimum atomic E-state index is 0.781. The number of nitrogens with zero attached hydrogens (tertiary/aromatic N) is 1. The standard InChI is InChI=1S/C19H20N2S3/c1-15-6-8-16(9-7-15)20-19(22)21(14-18-5-3-13-24-18)11-10-17-4-2-12-23-17/h2-9,12-13H,10-11,14H2,1H3,(H,20,22). The van der Waals surface area contributed by atoms with Gasteiger partial charge in [-0.05, 0) is 60.6 Å². The van der Waals surface area contributed by atoms with Crippen molar-refractivity contribution in [3.63, 3.8) is 0 Å². The molecule has 0 fully saturated rings. The van der Waals surface area contributed by atoms with Crippen LogP contribution in [0.15, 0.2) is 59.3 Å². The zero-order chi connectivity index (χ0) is 16.8. The van der Waals surface area contributed by atoms with Crippen molar-refractivity contribution < 1.29 is 0 Å². The van der Waals surface area contributed by atoms with Crippen LogP contribution in [-0.4, -0.2) is 16.6 Å². The predicted molar refractivity (Wildman–Crippen MR) is 110 cm³/mol. The van der Waals surface area contributed by atoms with E-state index in [9.17, 15) is 0 Å². The molecule has 0 unspecified atom stereocenters. The highest BCUT2D eigenvalue weighted by Gasteiger charge is 2.12. The highest BCUT2D eigenvalue weighted by molar-refractivity contribution is 7.80. The first kappa shape index (κ1) is 17.1. The van der Waals surface area contributed by atoms with Crippen LogP contribution in [0.3, 0.4) is 0 Å². The average Bonchev–Trinajstić information content (AvgIpc) is 3.27. The van der Waals surface area contributed by atoms with Gasteiger partial charge in [-0.1, -0.05) is 29.8 Å². The molecule has 0 aliphatic rings. The smallest absolute Gasteiger partial charge is 0.173 e. The predicted octanol–water partition coefficient (Wildman–Crippen LogP) is 5.56. The van der Waals surface area contributed by atoms with Gasteiger partial charge in [0.25, 0.3) is 0 Å². The molecule has 0 radical (unpaired) electrons. The van der Waals surface area contributed by atoms with E-state index >= 15 is 0 Å². The summed E-state index contributed by atoms with van der Waals surface area (Å²) in [6, 6.07) is 16.9. The van der Waals surface area contributed by atoms with E-state index < -0.39 is 0 Å². The van der Waals surface area contributed by atoms with Gasteiger partial charge in [0, 0.05) is 22.0 Å². The molecule has 0 aliphatic carbocycles. The van der Waals surface area contributed by atoms with Crippen molar-refractivity contribution in [2.24, 2.45) is 0 Å². The Morgan fingerprint density at radius 2 is 1.67 bits per heavy atom. The Kier molecular flexibility index (Phi) is 6.01. The maximum absolute atomic E-state index is 5.68. The third kappa shape index (κ3) is 4.90. The third-order valence-corrected chi connectivity index (χ3v) is 5.88. The summed E-state index contributed by atoms with van der Waals surface area (Å²) in [6.07, 6.45) is 1.01. The van der Waals surface area contributed by atoms with Crippen LogP contribution < -0.4 is 5.32 Å². The van der Waals surface area contributed by atoms with Gasteiger partial charge in [0.1, 0.15) is 0 Å². The van der Waals surface area contributed by atoms with Crippen LogP contribution in [-0.2, 0) is 13.0 Å². The molecular formula is C19H20N2S3. The van der Waals surface area contributed by atoms with Gasteiger partial charge in [0.2, 0.25) is 0 Å². The summed E-state index contributed by atoms with van der Waals surface area (Å²) in [7, 11) is 0. The van der Waals surface area contributed by atoms with Crippen molar-refractivity contribution in [1.82, 2.24) is 4.90 Å². The van der Waals surface area contributed by atoms with E-state index in [0.717, 1.165) is 30.3 Å². The summed E-state index contributed by atoms with van der Waals surface area (Å²) in [4.78, 5) is 4.97. The molecule has 5 heteroatoms. The summed E-state index contributed by atoms with van der Waals surface area (Å²) < 4.78 is 0. The number of benzene rings is 1. The lowest BCUT2D eigenvalue weighted by Crippen LogP contribution is -2.35. The number of nitrogens with one attached hydrogen (secondary N) is 1. The molecule has 1 aromatic carbocycles. The second-order valence-corrected chi connectivity index (χ2v) is 8.08. The number of rotatable bonds is 6. The van der Waals surface area contributed by atoms with Crippen LogP contribution in [0.1, 0.15) is 15.3 Å². The molecule has 3 rings (SSSR count). The van der Waals surface area contributed by atoms with Crippen LogP contribution >= 0.6 is 34.9 Å². The minimum absolute atomic E-state index is 0.781. The summed E-state index contributed by atoms with van der Waals surface area (Å²) in [6.45, 7) is 3.85. The first-order valence-corrected chi connectivity index (χ1v) is 10.0. The topological polar surface area (TPSA) is 15.3 Å². The van der Waals surface area contributed by atoms with Gasteiger partial charge in [-0.25, -0.2) is 0 Å². The van der Waals surface area contributed by atoms with Crippen molar-refractivity contribution in [3.8, 4) is 0 Å². The lowest BCUT2D eigenvalue weighted by Gasteiger charge is -2.25. The molecule has 0 spiro atoms. The Labute approximate surface area is 156 Å². The van der Waals surface area contributed by atoms with E-state index in [1.54, 1.807) is 22.7 Å². The monoisotopic (exact) mass is 372 g/mol. The Hall–Kier alpha value is -1.69. The zero-order valence-electron chi connectivity index (χ0n) is 13.6. The highest BCUT2D eigenvalue weighted by atomic mass is 32.1. The van der Waals surface area contributed by atoms with Crippen molar-refractivity contribution in [1.29, 1.82) is 0 Å². The second kappa shape index (κ2) is 8.42. The molecule has 0 aliphatic heterocycles. The minimum Gasteiger partial charge on any atom is -0.344 e. The maximum Gasteiger partial charge on any atom is 0.173 e. The molecule has 24 heavy (non-hydrogen) atoms. The second-order valence-electron chi connectivity index (χ2n) is 5.63. The number of thiophene rings is 2. The fourth-order valence-corrected chi connectivity index (χ4v) is 4.07. The van der Waals surface area contributed by atoms with Gasteiger partial charge in [-0.15, -0.1) is 22.7 Å². The number of thiocarbonyl (C=S) groups is 1. The molecule has 0 saturated heterocycles. The van der Waals surface area contributed by atoms with E-state index in [-0.39, 0.29) is 0 Å². The molecule has 0 saturated carbocycles. The Morgan fingerprint density at radius 1 is 1.00 bits per heavy atom. The molecule has 0 amide bonds. The molecule has 2 heterocycles. The normalized spacial score (nSPS) is 10.5. The molecular weight excluding hydrogens is 352 g/mol. The molecule has 3 aromatic rings. The molecule has 124 valence electrons. The highest BCUT2D eigenvalue weighted by Crippen LogP contribution is 2.16. The molecule has 2 nitrogen and oxygen atoms in total. The van der Waals surface area contributed by atoms with Gasteiger partial charge in [-0.2, -0.15) is 0 Å². The van der Waals surface area contributed by atoms with Crippen LogP contribution in [0.2, 0.25) is 0 Å². The fraction of sp³-hybridized carbons (Fsp3) is 0.211. The van der Waals surface area contributed by atoms with Crippen molar-refractivity contribution in [3.05, 3.63) is 74.6 Å². The Morgan fingerprint density at radius 3 is 2.29 bits per heavy atom. The largest absolute Gasteiger partial charge is 0.344 e. The van der Waals surface area contributed by atoms with Gasteiger partial charge >= 0.3 is 0 Å². The Bertz CT molecular complexity index is 747. The van der Waals surface area contributed by atoms with Crippen LogP contribution in [0.25, 0.3) is 0 Å². The third-order valence-electron chi connectivity index (χ3n) is 3.73.